The number of aliphatic carboxylic acids is 3. The summed E-state index contributed by atoms with van der Waals surface area (Å²) < 4.78 is 0. The largest absolute Gasteiger partial charge is 0.481 e. The van der Waals surface area contributed by atoms with E-state index in [9.17, 15) is 77.6 Å². The molecule has 0 aromatic rings. The lowest BCUT2D eigenvalue weighted by Gasteiger charge is -2.26. The highest BCUT2D eigenvalue weighted by atomic mass is 16.4. The molecule has 318 valence electrons. The van der Waals surface area contributed by atoms with Gasteiger partial charge >= 0.3 is 17.9 Å². The molecule has 0 aliphatic rings. The summed E-state index contributed by atoms with van der Waals surface area (Å²) in [5.41, 5.74) is 15.3. The summed E-state index contributed by atoms with van der Waals surface area (Å²) in [6.45, 7) is 3.12. The number of hydrogen-bond donors (Lipinski definition) is 14. The van der Waals surface area contributed by atoms with Crippen LogP contribution in [0.25, 0.3) is 0 Å². The van der Waals surface area contributed by atoms with E-state index in [1.54, 1.807) is 0 Å². The van der Waals surface area contributed by atoms with Gasteiger partial charge in [0, 0.05) is 13.3 Å². The average Bonchev–Trinajstić information content (AvgIpc) is 3.06. The van der Waals surface area contributed by atoms with Gasteiger partial charge in [0.1, 0.15) is 42.3 Å². The second-order valence-electron chi connectivity index (χ2n) is 12.3. The zero-order chi connectivity index (χ0) is 44.3. The van der Waals surface area contributed by atoms with Gasteiger partial charge in [0.05, 0.1) is 31.8 Å². The van der Waals surface area contributed by atoms with E-state index in [-0.39, 0.29) is 0 Å². The predicted molar refractivity (Wildman–Crippen MR) is 185 cm³/mol. The molecule has 0 aliphatic carbocycles. The van der Waals surface area contributed by atoms with Gasteiger partial charge in [-0.1, -0.05) is 0 Å². The number of hydrogen-bond acceptors (Lipinski definition) is 14. The van der Waals surface area contributed by atoms with E-state index in [2.05, 4.69) is 10.6 Å². The molecule has 0 saturated heterocycles. The zero-order valence-electron chi connectivity index (χ0n) is 30.7. The molecule has 0 aromatic heterocycles. The van der Waals surface area contributed by atoms with Gasteiger partial charge in [-0.25, -0.2) is 0 Å². The van der Waals surface area contributed by atoms with Gasteiger partial charge in [-0.15, -0.1) is 0 Å². The van der Waals surface area contributed by atoms with Gasteiger partial charge in [-0.3, -0.25) is 62.3 Å². The molecule has 0 radical (unpaired) electrons. The van der Waals surface area contributed by atoms with Crippen molar-refractivity contribution in [2.24, 2.45) is 17.2 Å². The third-order valence-electron chi connectivity index (χ3n) is 7.28. The molecular formula is C30H46N10O17. The summed E-state index contributed by atoms with van der Waals surface area (Å²) >= 11 is 0. The maximum absolute atomic E-state index is 13.2. The van der Waals surface area contributed by atoms with E-state index in [1.165, 1.54) is 0 Å². The zero-order valence-corrected chi connectivity index (χ0v) is 30.7. The van der Waals surface area contributed by atoms with Crippen molar-refractivity contribution < 1.29 is 82.8 Å². The van der Waals surface area contributed by atoms with Crippen molar-refractivity contribution in [3.05, 3.63) is 0 Å². The Morgan fingerprint density at radius 1 is 0.474 bits per heavy atom. The number of primary amides is 3. The van der Waals surface area contributed by atoms with Crippen LogP contribution in [0.3, 0.4) is 0 Å². The monoisotopic (exact) mass is 818 g/mol. The first-order valence-corrected chi connectivity index (χ1v) is 16.5. The van der Waals surface area contributed by atoms with Crippen molar-refractivity contribution in [2.45, 2.75) is 108 Å². The van der Waals surface area contributed by atoms with E-state index in [4.69, 9.17) is 22.3 Å². The number of carbonyl (C=O) groups excluding carboxylic acids is 10. The van der Waals surface area contributed by atoms with Gasteiger partial charge in [-0.2, -0.15) is 0 Å². The maximum atomic E-state index is 13.2. The van der Waals surface area contributed by atoms with Gasteiger partial charge < -0.3 is 74.8 Å². The summed E-state index contributed by atoms with van der Waals surface area (Å²) in [4.78, 5) is 158. The summed E-state index contributed by atoms with van der Waals surface area (Å²) in [7, 11) is 0. The maximum Gasteiger partial charge on any atom is 0.305 e. The normalized spacial score (nSPS) is 14.8. The van der Waals surface area contributed by atoms with Gasteiger partial charge in [0.15, 0.2) is 0 Å². The smallest absolute Gasteiger partial charge is 0.305 e. The first-order valence-electron chi connectivity index (χ1n) is 16.5. The molecule has 17 N–H and O–H groups in total. The van der Waals surface area contributed by atoms with Crippen LogP contribution in [0.1, 0.15) is 59.3 Å². The number of rotatable bonds is 26. The lowest BCUT2D eigenvalue weighted by molar-refractivity contribution is -0.142. The summed E-state index contributed by atoms with van der Waals surface area (Å²) in [5.74, 6) is -16.9. The minimum absolute atomic E-state index is 0.691. The fourth-order valence-electron chi connectivity index (χ4n) is 4.52. The van der Waals surface area contributed by atoms with E-state index in [1.807, 2.05) is 26.6 Å². The second-order valence-corrected chi connectivity index (χ2v) is 12.3. The molecule has 10 amide bonds. The van der Waals surface area contributed by atoms with Crippen LogP contribution in [-0.2, 0) is 62.3 Å². The lowest BCUT2D eigenvalue weighted by atomic mass is 10.1. The molecule has 0 bridgehead atoms. The predicted octanol–water partition coefficient (Wildman–Crippen LogP) is -8.15. The number of nitrogens with one attached hydrogen (secondary N) is 7. The minimum Gasteiger partial charge on any atom is -0.481 e. The first-order chi connectivity index (χ1) is 26.2. The Labute approximate surface area is 321 Å². The van der Waals surface area contributed by atoms with Gasteiger partial charge in [-0.05, 0) is 20.3 Å². The number of aliphatic hydroxyl groups excluding tert-OH is 1. The fraction of sp³-hybridized carbons (Fsp3) is 0.567. The molecule has 0 aromatic carbocycles. The number of aliphatic hydroxyl groups is 1. The van der Waals surface area contributed by atoms with Crippen LogP contribution < -0.4 is 54.4 Å². The van der Waals surface area contributed by atoms with Crippen LogP contribution >= 0.6 is 0 Å². The highest BCUT2D eigenvalue weighted by Crippen LogP contribution is 2.05. The number of amides is 10. The Kier molecular flexibility index (Phi) is 20.9. The van der Waals surface area contributed by atoms with Crippen LogP contribution in [0.4, 0.5) is 0 Å². The van der Waals surface area contributed by atoms with Crippen LogP contribution in [0, 0.1) is 0 Å². The summed E-state index contributed by atoms with van der Waals surface area (Å²) in [5, 5.41) is 51.9. The molecule has 57 heavy (non-hydrogen) atoms. The molecule has 0 rings (SSSR count). The molecule has 0 aliphatic heterocycles. The molecule has 0 heterocycles. The molecule has 0 fully saturated rings. The molecule has 27 heteroatoms. The fourth-order valence-corrected chi connectivity index (χ4v) is 4.52. The quantitative estimate of drug-likeness (QED) is 0.0385. The summed E-state index contributed by atoms with van der Waals surface area (Å²) in [6.07, 6.45) is -7.01. The lowest BCUT2D eigenvalue weighted by Crippen LogP contribution is -2.60. The molecule has 27 nitrogen and oxygen atoms in total. The standard InChI is InChI=1S/C30H46N10O17/c1-10(34-27(54)16(8-21(47)48)39-28(55)15(7-19(32)44)40-30(57)23(11(2)41)35-12(3)42)25(52)36-13(4-5-20(45)46)26(53)38-17(9-22(49)50)29(56)37-14(24(33)51)6-18(31)43/h10-11,13-17,23,41H,4-9H2,1-3H3,(H2,31,43)(H2,32,44)(H2,33,51)(H,34,54)(H,35,42)(H,36,52)(H,37,56)(H,38,53)(H,39,55)(H,40,57)(H,45,46)(H,47,48)(H,49,50)/t10-,11+,13-,14-,15-,16-,17-,23-/m0/s1. The van der Waals surface area contributed by atoms with E-state index < -0.39 is 164 Å². The van der Waals surface area contributed by atoms with Crippen LogP contribution in [0.2, 0.25) is 0 Å². The third kappa shape index (κ3) is 19.8. The highest BCUT2D eigenvalue weighted by Gasteiger charge is 2.35. The molecule has 0 spiro atoms. The van der Waals surface area contributed by atoms with Crippen molar-refractivity contribution in [3.63, 3.8) is 0 Å². The van der Waals surface area contributed by atoms with Crippen molar-refractivity contribution >= 4 is 77.0 Å². The van der Waals surface area contributed by atoms with Crippen LogP contribution in [0.5, 0.6) is 0 Å². The van der Waals surface area contributed by atoms with Gasteiger partial charge in [0.2, 0.25) is 59.1 Å². The number of carbonyl (C=O) groups is 13. The van der Waals surface area contributed by atoms with Crippen molar-refractivity contribution in [2.75, 3.05) is 0 Å². The Hall–Kier alpha value is -6.93. The first kappa shape index (κ1) is 50.1. The molecule has 0 unspecified atom stereocenters. The molecule has 0 saturated carbocycles. The van der Waals surface area contributed by atoms with Crippen molar-refractivity contribution in [3.8, 4) is 0 Å². The van der Waals surface area contributed by atoms with Crippen molar-refractivity contribution in [1.29, 1.82) is 0 Å². The van der Waals surface area contributed by atoms with E-state index in [0.717, 1.165) is 20.8 Å². The molecular weight excluding hydrogens is 772 g/mol. The Bertz CT molecular complexity index is 1600. The van der Waals surface area contributed by atoms with Crippen LogP contribution in [0.15, 0.2) is 0 Å². The SMILES string of the molecule is CC(=O)N[C@H](C(=O)N[C@@H](CC(N)=O)C(=O)N[C@@H](CC(=O)O)C(=O)N[C@@H](C)C(=O)N[C@@H](CCC(=O)O)C(=O)N[C@@H](CC(=O)O)C(=O)N[C@@H](CC(N)=O)C(N)=O)[C@@H](C)O. The number of carboxylic acid groups (broad SMARTS) is 3. The Morgan fingerprint density at radius 3 is 1.23 bits per heavy atom. The average molecular weight is 819 g/mol. The number of carboxylic acids is 3. The van der Waals surface area contributed by atoms with Crippen molar-refractivity contribution in [1.82, 2.24) is 37.2 Å². The number of nitrogens with two attached hydrogens (primary N) is 3. The van der Waals surface area contributed by atoms with E-state index >= 15 is 0 Å². The molecule has 8 atom stereocenters. The topological polar surface area (TPSA) is 465 Å². The third-order valence-corrected chi connectivity index (χ3v) is 7.28. The van der Waals surface area contributed by atoms with Crippen LogP contribution in [-0.4, -0.2) is 146 Å². The highest BCUT2D eigenvalue weighted by molar-refractivity contribution is 6.00. The van der Waals surface area contributed by atoms with Gasteiger partial charge in [0.25, 0.3) is 0 Å². The summed E-state index contributed by atoms with van der Waals surface area (Å²) in [6, 6.07) is -12.8. The minimum atomic E-state index is -2.03. The van der Waals surface area contributed by atoms with E-state index in [0.29, 0.717) is 0 Å². The Morgan fingerprint density at radius 2 is 0.842 bits per heavy atom. The Balaban J connectivity index is 6.18. The second kappa shape index (κ2) is 23.8.